The first kappa shape index (κ1) is 16.9. The molecular weight excluding hydrogens is 292 g/mol. The van der Waals surface area contributed by atoms with E-state index < -0.39 is 18.0 Å². The van der Waals surface area contributed by atoms with Gasteiger partial charge in [-0.25, -0.2) is 0 Å². The van der Waals surface area contributed by atoms with Gasteiger partial charge < -0.3 is 36.8 Å². The summed E-state index contributed by atoms with van der Waals surface area (Å²) >= 11 is 0. The number of nitrogens with two attached hydrogens (primary N) is 2. The topological polar surface area (TPSA) is 117 Å². The molecule has 0 saturated carbocycles. The second kappa shape index (κ2) is 8.91. The van der Waals surface area contributed by atoms with Crippen LogP contribution in [0.15, 0.2) is 10.9 Å². The van der Waals surface area contributed by atoms with Crippen molar-refractivity contribution in [3.63, 3.8) is 0 Å². The average molecular weight is 305 g/mol. The first-order chi connectivity index (χ1) is 8.13. The molecule has 0 aromatic heterocycles. The van der Waals surface area contributed by atoms with E-state index in [0.717, 1.165) is 0 Å². The number of rotatable bonds is 2. The van der Waals surface area contributed by atoms with E-state index in [4.69, 9.17) is 16.2 Å². The van der Waals surface area contributed by atoms with Gasteiger partial charge in [0.2, 0.25) is 5.97 Å². The fourth-order valence-corrected chi connectivity index (χ4v) is 1.01. The maximum Gasteiger partial charge on any atom is 2.00 e. The maximum atomic E-state index is 11.3. The van der Waals surface area contributed by atoms with Crippen molar-refractivity contribution in [3.8, 4) is 0 Å². The largest absolute Gasteiger partial charge is 2.00 e. The number of esters is 2. The van der Waals surface area contributed by atoms with E-state index in [2.05, 4.69) is 15.8 Å². The van der Waals surface area contributed by atoms with Crippen LogP contribution in [-0.2, 0) is 38.5 Å². The Hall–Kier alpha value is -1.11. The monoisotopic (exact) mass is 303 g/mol. The van der Waals surface area contributed by atoms with E-state index in [0.29, 0.717) is 13.0 Å². The van der Waals surface area contributed by atoms with Crippen LogP contribution in [0, 0.1) is 6.08 Å². The van der Waals surface area contributed by atoms with Gasteiger partial charge in [0.05, 0.1) is 6.04 Å². The molecule has 1 aliphatic rings. The Labute approximate surface area is 117 Å². The molecule has 1 heterocycles. The van der Waals surface area contributed by atoms with Crippen LogP contribution < -0.4 is 11.5 Å². The average Bonchev–Trinajstić information content (AvgIpc) is 2.31. The van der Waals surface area contributed by atoms with Crippen LogP contribution in [0.25, 0.3) is 0 Å². The number of cyclic esters (lactones) is 2. The van der Waals surface area contributed by atoms with Crippen LogP contribution in [0.3, 0.4) is 0 Å². The summed E-state index contributed by atoms with van der Waals surface area (Å²) in [6.45, 7) is 0.335. The van der Waals surface area contributed by atoms with Crippen LogP contribution in [0.2, 0.25) is 0 Å². The molecule has 0 aromatic rings. The quantitative estimate of drug-likeness (QED) is 0.387. The third kappa shape index (κ3) is 6.00. The number of carbonyl (C=O) groups is 2. The summed E-state index contributed by atoms with van der Waals surface area (Å²) in [6.07, 6.45) is 5.14. The van der Waals surface area contributed by atoms with Gasteiger partial charge in [0.15, 0.2) is 0 Å². The molecule has 1 atom stereocenters. The molecule has 4 N–H and O–H groups in total. The summed E-state index contributed by atoms with van der Waals surface area (Å²) in [7, 11) is 0. The Balaban J connectivity index is 0.00000289. The molecule has 1 rings (SSSR count). The minimum absolute atomic E-state index is 0. The van der Waals surface area contributed by atoms with E-state index in [9.17, 15) is 9.59 Å². The van der Waals surface area contributed by atoms with E-state index in [-0.39, 0.29) is 38.2 Å². The number of hydrogen-bond acceptors (Lipinski definition) is 7. The number of carbonyl (C=O) groups excluding carboxylic acids is 2. The van der Waals surface area contributed by atoms with Gasteiger partial charge in [-0.1, -0.05) is 5.88 Å². The standard InChI is InChI=1S/C10H13N3O4.Zn/c11-5-1-2-8-13-6-16-10(15)7(12)3-4-9(14)17-8;/h7H,1,3-5,11-12H2;/q-2;+2/t7-;/m1./s1. The van der Waals surface area contributed by atoms with Gasteiger partial charge in [-0.05, 0) is 13.0 Å². The number of nitrogens with zero attached hydrogens (tertiary/aromatic N) is 1. The van der Waals surface area contributed by atoms with Crippen LogP contribution in [0.5, 0.6) is 0 Å². The second-order valence-corrected chi connectivity index (χ2v) is 3.26. The van der Waals surface area contributed by atoms with Gasteiger partial charge >= 0.3 is 19.5 Å². The van der Waals surface area contributed by atoms with E-state index in [1.807, 2.05) is 6.40 Å². The molecule has 0 amide bonds. The first-order valence-electron chi connectivity index (χ1n) is 5.07. The molecule has 0 unspecified atom stereocenters. The predicted octanol–water partition coefficient (Wildman–Crippen LogP) is -0.910. The summed E-state index contributed by atoms with van der Waals surface area (Å²) in [6, 6.07) is -0.885. The van der Waals surface area contributed by atoms with Gasteiger partial charge in [0.25, 0.3) is 5.97 Å². The van der Waals surface area contributed by atoms with Crippen molar-refractivity contribution in [1.82, 2.24) is 0 Å². The van der Waals surface area contributed by atoms with E-state index >= 15 is 0 Å². The minimum Gasteiger partial charge on any atom is -0.536 e. The second-order valence-electron chi connectivity index (χ2n) is 3.26. The summed E-state index contributed by atoms with van der Waals surface area (Å²) in [4.78, 5) is 26.0. The molecule has 0 saturated heterocycles. The van der Waals surface area contributed by atoms with Gasteiger partial charge in [-0.15, -0.1) is 0 Å². The molecule has 94 valence electrons. The number of hydrogen-bond donors (Lipinski definition) is 2. The Bertz CT molecular complexity index is 357. The first-order valence-corrected chi connectivity index (χ1v) is 5.07. The van der Waals surface area contributed by atoms with Crippen LogP contribution in [0.4, 0.5) is 0 Å². The molecule has 0 bridgehead atoms. The van der Waals surface area contributed by atoms with Gasteiger partial charge in [0, 0.05) is 6.42 Å². The summed E-state index contributed by atoms with van der Waals surface area (Å²) in [5, 5.41) is 0. The molecule has 0 radical (unpaired) electrons. The molecule has 0 fully saturated rings. The van der Waals surface area contributed by atoms with Gasteiger partial charge in [-0.3, -0.25) is 4.79 Å². The molecule has 1 aliphatic heterocycles. The number of aliphatic imine (C=N–C) groups is 1. The van der Waals surface area contributed by atoms with E-state index in [1.54, 1.807) is 0 Å². The van der Waals surface area contributed by atoms with Crippen LogP contribution in [0.1, 0.15) is 19.3 Å². The van der Waals surface area contributed by atoms with Crippen molar-refractivity contribution in [2.75, 3.05) is 6.54 Å². The van der Waals surface area contributed by atoms with Crippen molar-refractivity contribution in [3.05, 3.63) is 12.0 Å². The zero-order valence-electron chi connectivity index (χ0n) is 9.85. The Morgan fingerprint density at radius 1 is 1.50 bits per heavy atom. The minimum atomic E-state index is -0.885. The fourth-order valence-electron chi connectivity index (χ4n) is 1.01. The summed E-state index contributed by atoms with van der Waals surface area (Å²) in [5.41, 5.74) is 10.7. The third-order valence-electron chi connectivity index (χ3n) is 1.89. The van der Waals surface area contributed by atoms with Crippen molar-refractivity contribution >= 4 is 18.3 Å². The Kier molecular flexibility index (Phi) is 8.36. The van der Waals surface area contributed by atoms with Crippen LogP contribution in [-0.4, -0.2) is 30.9 Å². The van der Waals surface area contributed by atoms with Crippen molar-refractivity contribution < 1.29 is 38.5 Å². The fraction of sp³-hybridized carbons (Fsp3) is 0.500. The zero-order valence-corrected chi connectivity index (χ0v) is 12.8. The molecule has 7 nitrogen and oxygen atoms in total. The summed E-state index contributed by atoms with van der Waals surface area (Å²) < 4.78 is 9.36. The number of ether oxygens (including phenoxy) is 2. The molecule has 18 heavy (non-hydrogen) atoms. The van der Waals surface area contributed by atoms with Gasteiger partial charge in [-0.2, -0.15) is 6.42 Å². The molecule has 0 spiro atoms. The smallest absolute Gasteiger partial charge is 0.536 e. The van der Waals surface area contributed by atoms with Gasteiger partial charge in [0.1, 0.15) is 6.40 Å². The predicted molar refractivity (Wildman–Crippen MR) is 57.3 cm³/mol. The maximum absolute atomic E-state index is 11.3. The Morgan fingerprint density at radius 3 is 2.89 bits per heavy atom. The third-order valence-corrected chi connectivity index (χ3v) is 1.89. The van der Waals surface area contributed by atoms with Crippen molar-refractivity contribution in [1.29, 1.82) is 0 Å². The zero-order chi connectivity index (χ0) is 12.7. The normalized spacial score (nSPS) is 23.0. The SMILES string of the molecule is NCC[C-]=C1N=[C-]OC(=O)[C@H](N)CCC(=O)O1.[Zn+2]. The molecule has 0 aromatic carbocycles. The molecule has 0 aliphatic carbocycles. The van der Waals surface area contributed by atoms with E-state index in [1.165, 1.54) is 0 Å². The van der Waals surface area contributed by atoms with Crippen LogP contribution >= 0.6 is 0 Å². The van der Waals surface area contributed by atoms with Crippen molar-refractivity contribution in [2.45, 2.75) is 25.3 Å². The summed E-state index contributed by atoms with van der Waals surface area (Å²) in [5.74, 6) is -1.34. The molecular formula is C10H13N3O4Zn. The molecule has 8 heteroatoms. The van der Waals surface area contributed by atoms with Crippen molar-refractivity contribution in [2.24, 2.45) is 16.5 Å². The Morgan fingerprint density at radius 2 is 2.22 bits per heavy atom.